The minimum atomic E-state index is -1.51. The molecule has 0 aliphatic heterocycles. The molecule has 2 rings (SSSR count). The summed E-state index contributed by atoms with van der Waals surface area (Å²) in [4.78, 5) is 29.1. The fourth-order valence-electron chi connectivity index (χ4n) is 2.57. The van der Waals surface area contributed by atoms with E-state index in [1.54, 1.807) is 6.20 Å². The maximum absolute atomic E-state index is 13.3. The van der Waals surface area contributed by atoms with E-state index >= 15 is 0 Å². The zero-order valence-corrected chi connectivity index (χ0v) is 18.3. The van der Waals surface area contributed by atoms with Gasteiger partial charge in [0.2, 0.25) is 11.8 Å². The average Bonchev–Trinajstić information content (AvgIpc) is 3.02. The zero-order chi connectivity index (χ0) is 20.9. The van der Waals surface area contributed by atoms with Crippen molar-refractivity contribution in [2.75, 3.05) is 5.32 Å². The van der Waals surface area contributed by atoms with Crippen molar-refractivity contribution in [1.29, 1.82) is 0 Å². The molecule has 1 aromatic heterocycles. The van der Waals surface area contributed by atoms with Crippen molar-refractivity contribution in [2.24, 2.45) is 0 Å². The largest absolute Gasteiger partial charge is 0.344 e. The molecule has 28 heavy (non-hydrogen) atoms. The monoisotopic (exact) mass is 425 g/mol. The summed E-state index contributed by atoms with van der Waals surface area (Å²) in [7, 11) is -1.51. The fraction of sp³-hybridized carbons (Fsp3) is 0.421. The van der Waals surface area contributed by atoms with Crippen molar-refractivity contribution >= 4 is 40.9 Å². The van der Waals surface area contributed by atoms with E-state index in [9.17, 15) is 18.4 Å². The molecule has 0 aliphatic rings. The van der Waals surface area contributed by atoms with Crippen LogP contribution in [0.25, 0.3) is 0 Å². The van der Waals surface area contributed by atoms with Gasteiger partial charge in [0.15, 0.2) is 5.13 Å². The third-order valence-corrected chi connectivity index (χ3v) is 8.47. The number of nitrogens with one attached hydrogen (secondary N) is 2. The van der Waals surface area contributed by atoms with E-state index in [4.69, 9.17) is 0 Å². The highest BCUT2D eigenvalue weighted by Crippen LogP contribution is 2.15. The number of rotatable bonds is 8. The molecule has 0 saturated heterocycles. The predicted molar refractivity (Wildman–Crippen MR) is 111 cm³/mol. The standard InChI is InChI=1S/C19H25F2N3O2SSi/c1-5-6-15(18(26)24-19-22-11-17(27-19)28(2,3)4)23-16(25)9-12-7-13(20)10-14(21)8-12/h7-8,10-11,15H,5-6,9H2,1-4H3,(H,23,25)(H,22,24,26). The molecule has 2 amide bonds. The first-order chi connectivity index (χ1) is 13.1. The Kier molecular flexibility index (Phi) is 7.42. The molecule has 0 saturated carbocycles. The minimum absolute atomic E-state index is 0.209. The Balaban J connectivity index is 2.02. The van der Waals surface area contributed by atoms with Gasteiger partial charge in [-0.1, -0.05) is 33.0 Å². The van der Waals surface area contributed by atoms with Crippen LogP contribution in [-0.2, 0) is 16.0 Å². The maximum atomic E-state index is 13.3. The number of hydrogen-bond acceptors (Lipinski definition) is 4. The van der Waals surface area contributed by atoms with E-state index in [1.807, 2.05) is 6.92 Å². The van der Waals surface area contributed by atoms with E-state index in [-0.39, 0.29) is 17.9 Å². The quantitative estimate of drug-likeness (QED) is 0.637. The van der Waals surface area contributed by atoms with Gasteiger partial charge in [-0.25, -0.2) is 13.8 Å². The van der Waals surface area contributed by atoms with Crippen LogP contribution in [0.5, 0.6) is 0 Å². The van der Waals surface area contributed by atoms with Crippen LogP contribution in [0.15, 0.2) is 24.4 Å². The van der Waals surface area contributed by atoms with Gasteiger partial charge in [-0.05, 0) is 24.1 Å². The summed E-state index contributed by atoms with van der Waals surface area (Å²) in [5.41, 5.74) is 0.213. The molecule has 0 spiro atoms. The van der Waals surface area contributed by atoms with E-state index in [2.05, 4.69) is 35.3 Å². The van der Waals surface area contributed by atoms with E-state index in [1.165, 1.54) is 15.8 Å². The average molecular weight is 426 g/mol. The number of aromatic nitrogens is 1. The summed E-state index contributed by atoms with van der Waals surface area (Å²) in [6.07, 6.45) is 2.71. The van der Waals surface area contributed by atoms with Crippen molar-refractivity contribution in [3.63, 3.8) is 0 Å². The smallest absolute Gasteiger partial charge is 0.248 e. The van der Waals surface area contributed by atoms with Crippen LogP contribution in [0.2, 0.25) is 19.6 Å². The summed E-state index contributed by atoms with van der Waals surface area (Å²) in [6, 6.07) is 2.21. The lowest BCUT2D eigenvalue weighted by Gasteiger charge is -2.17. The second-order valence-electron chi connectivity index (χ2n) is 7.63. The first-order valence-electron chi connectivity index (χ1n) is 9.10. The summed E-state index contributed by atoms with van der Waals surface area (Å²) in [5.74, 6) is -2.31. The molecule has 1 heterocycles. The van der Waals surface area contributed by atoms with E-state index in [0.717, 1.165) is 18.2 Å². The van der Waals surface area contributed by atoms with Crippen LogP contribution in [0, 0.1) is 11.6 Å². The molecule has 0 bridgehead atoms. The zero-order valence-electron chi connectivity index (χ0n) is 16.4. The lowest BCUT2D eigenvalue weighted by atomic mass is 10.1. The second kappa shape index (κ2) is 9.38. The Morgan fingerprint density at radius 2 is 1.82 bits per heavy atom. The highest BCUT2D eigenvalue weighted by atomic mass is 32.1. The fourth-order valence-corrected chi connectivity index (χ4v) is 5.11. The molecule has 1 atom stereocenters. The number of hydrogen-bond donors (Lipinski definition) is 2. The number of thiazole rings is 1. The third-order valence-electron chi connectivity index (χ3n) is 3.99. The lowest BCUT2D eigenvalue weighted by Crippen LogP contribution is -2.44. The summed E-state index contributed by atoms with van der Waals surface area (Å²) in [5, 5.41) is 5.92. The van der Waals surface area contributed by atoms with Crippen molar-refractivity contribution < 1.29 is 18.4 Å². The number of benzene rings is 1. The molecular formula is C19H25F2N3O2SSi. The van der Waals surface area contributed by atoms with Crippen LogP contribution < -0.4 is 15.1 Å². The number of carbonyl (C=O) groups is 2. The molecule has 1 unspecified atom stereocenters. The Morgan fingerprint density at radius 3 is 2.36 bits per heavy atom. The summed E-state index contributed by atoms with van der Waals surface area (Å²) < 4.78 is 27.7. The SMILES string of the molecule is CCCC(NC(=O)Cc1cc(F)cc(F)c1)C(=O)Nc1ncc([Si](C)(C)C)s1. The molecule has 2 aromatic rings. The summed E-state index contributed by atoms with van der Waals surface area (Å²) in [6.45, 7) is 8.49. The van der Waals surface area contributed by atoms with Gasteiger partial charge in [0.05, 0.1) is 14.5 Å². The third kappa shape index (κ3) is 6.49. The Morgan fingerprint density at radius 1 is 1.18 bits per heavy atom. The molecule has 0 fully saturated rings. The number of halogens is 2. The molecule has 1 aromatic carbocycles. The minimum Gasteiger partial charge on any atom is -0.344 e. The normalized spacial score (nSPS) is 12.5. The van der Waals surface area contributed by atoms with Crippen LogP contribution >= 0.6 is 11.3 Å². The highest BCUT2D eigenvalue weighted by Gasteiger charge is 2.23. The van der Waals surface area contributed by atoms with Gasteiger partial charge in [-0.2, -0.15) is 0 Å². The van der Waals surface area contributed by atoms with Crippen molar-refractivity contribution in [1.82, 2.24) is 10.3 Å². The topological polar surface area (TPSA) is 71.1 Å². The molecule has 2 N–H and O–H groups in total. The van der Waals surface area contributed by atoms with Crippen molar-refractivity contribution in [3.05, 3.63) is 41.6 Å². The van der Waals surface area contributed by atoms with Gasteiger partial charge in [0.1, 0.15) is 17.7 Å². The van der Waals surface area contributed by atoms with Gasteiger partial charge in [-0.3, -0.25) is 9.59 Å². The van der Waals surface area contributed by atoms with Gasteiger partial charge in [0.25, 0.3) is 0 Å². The molecule has 152 valence electrons. The van der Waals surface area contributed by atoms with Gasteiger partial charge in [-0.15, -0.1) is 11.3 Å². The Bertz CT molecular complexity index is 832. The van der Waals surface area contributed by atoms with Crippen LogP contribution in [0.3, 0.4) is 0 Å². The molecule has 9 heteroatoms. The van der Waals surface area contributed by atoms with Crippen molar-refractivity contribution in [2.45, 2.75) is 51.9 Å². The molecule has 0 aliphatic carbocycles. The number of amides is 2. The van der Waals surface area contributed by atoms with Gasteiger partial charge >= 0.3 is 0 Å². The van der Waals surface area contributed by atoms with Crippen LogP contribution in [0.4, 0.5) is 13.9 Å². The molecule has 5 nitrogen and oxygen atoms in total. The lowest BCUT2D eigenvalue weighted by molar-refractivity contribution is -0.126. The number of nitrogens with zero attached hydrogens (tertiary/aromatic N) is 1. The van der Waals surface area contributed by atoms with Crippen LogP contribution in [-0.4, -0.2) is 30.9 Å². The maximum Gasteiger partial charge on any atom is 0.248 e. The summed E-state index contributed by atoms with van der Waals surface area (Å²) >= 11 is 1.45. The van der Waals surface area contributed by atoms with Gasteiger partial charge < -0.3 is 10.6 Å². The Labute approximate surface area is 168 Å². The predicted octanol–water partition coefficient (Wildman–Crippen LogP) is 3.43. The first kappa shape index (κ1) is 22.2. The van der Waals surface area contributed by atoms with E-state index in [0.29, 0.717) is 18.0 Å². The first-order valence-corrected chi connectivity index (χ1v) is 13.4. The number of anilines is 1. The number of carbonyl (C=O) groups excluding carboxylic acids is 2. The second-order valence-corrected chi connectivity index (χ2v) is 14.1. The van der Waals surface area contributed by atoms with Gasteiger partial charge in [0, 0.05) is 16.8 Å². The van der Waals surface area contributed by atoms with Crippen molar-refractivity contribution in [3.8, 4) is 0 Å². The highest BCUT2D eigenvalue weighted by molar-refractivity contribution is 7.28. The molecular weight excluding hydrogens is 400 g/mol. The molecule has 0 radical (unpaired) electrons. The van der Waals surface area contributed by atoms with Crippen LogP contribution in [0.1, 0.15) is 25.3 Å². The Hall–Kier alpha value is -2.13. The van der Waals surface area contributed by atoms with E-state index < -0.39 is 31.7 Å².